The van der Waals surface area contributed by atoms with Crippen LogP contribution in [0.15, 0.2) is 18.2 Å². The van der Waals surface area contributed by atoms with Crippen LogP contribution in [0.4, 0.5) is 0 Å². The molecule has 1 unspecified atom stereocenters. The molecule has 0 aromatic heterocycles. The lowest BCUT2D eigenvalue weighted by Gasteiger charge is -2.25. The first-order chi connectivity index (χ1) is 10.2. The third-order valence-electron chi connectivity index (χ3n) is 3.93. The quantitative estimate of drug-likeness (QED) is 0.870. The molecule has 2 N–H and O–H groups in total. The van der Waals surface area contributed by atoms with Crippen LogP contribution in [-0.2, 0) is 4.79 Å². The fourth-order valence-electron chi connectivity index (χ4n) is 2.66. The number of piperidine rings is 1. The molecule has 116 valence electrons. The summed E-state index contributed by atoms with van der Waals surface area (Å²) in [6.07, 6.45) is 2.00. The molecule has 1 aromatic carbocycles. The van der Waals surface area contributed by atoms with E-state index < -0.39 is 0 Å². The standard InChI is InChI=1S/C16H24N2O3/c1-11(18-16(19)12-5-4-8-17-10-12)14-9-13(20-2)6-7-15(14)21-3/h6-7,9,11-12,17H,4-5,8,10H2,1-3H3,(H,18,19)/t11?,12-/m1/s1. The van der Waals surface area contributed by atoms with Gasteiger partial charge in [0.25, 0.3) is 0 Å². The van der Waals surface area contributed by atoms with Crippen LogP contribution in [-0.4, -0.2) is 33.2 Å². The number of ether oxygens (including phenoxy) is 2. The van der Waals surface area contributed by atoms with Crippen LogP contribution in [0.5, 0.6) is 11.5 Å². The maximum atomic E-state index is 12.3. The minimum Gasteiger partial charge on any atom is -0.497 e. The predicted molar refractivity (Wildman–Crippen MR) is 81.7 cm³/mol. The van der Waals surface area contributed by atoms with Crippen molar-refractivity contribution in [1.29, 1.82) is 0 Å². The molecule has 2 rings (SSSR count). The molecule has 0 spiro atoms. The third kappa shape index (κ3) is 3.88. The zero-order valence-electron chi connectivity index (χ0n) is 12.9. The summed E-state index contributed by atoms with van der Waals surface area (Å²) >= 11 is 0. The smallest absolute Gasteiger partial charge is 0.224 e. The highest BCUT2D eigenvalue weighted by Crippen LogP contribution is 2.29. The monoisotopic (exact) mass is 292 g/mol. The molecule has 21 heavy (non-hydrogen) atoms. The topological polar surface area (TPSA) is 59.6 Å². The molecule has 1 amide bonds. The third-order valence-corrected chi connectivity index (χ3v) is 3.93. The molecule has 0 aliphatic carbocycles. The zero-order valence-corrected chi connectivity index (χ0v) is 12.9. The van der Waals surface area contributed by atoms with Gasteiger partial charge >= 0.3 is 0 Å². The maximum absolute atomic E-state index is 12.3. The van der Waals surface area contributed by atoms with Crippen LogP contribution in [0, 0.1) is 5.92 Å². The van der Waals surface area contributed by atoms with E-state index in [1.807, 2.05) is 25.1 Å². The molecule has 0 radical (unpaired) electrons. The van der Waals surface area contributed by atoms with Gasteiger partial charge in [-0.25, -0.2) is 0 Å². The van der Waals surface area contributed by atoms with E-state index in [9.17, 15) is 4.79 Å². The van der Waals surface area contributed by atoms with E-state index >= 15 is 0 Å². The van der Waals surface area contributed by atoms with Crippen molar-refractivity contribution in [2.45, 2.75) is 25.8 Å². The van der Waals surface area contributed by atoms with Gasteiger partial charge in [-0.1, -0.05) is 0 Å². The van der Waals surface area contributed by atoms with Crippen LogP contribution >= 0.6 is 0 Å². The van der Waals surface area contributed by atoms with Crippen molar-refractivity contribution < 1.29 is 14.3 Å². The van der Waals surface area contributed by atoms with Gasteiger partial charge in [-0.2, -0.15) is 0 Å². The number of nitrogens with one attached hydrogen (secondary N) is 2. The lowest BCUT2D eigenvalue weighted by atomic mass is 9.97. The second-order valence-electron chi connectivity index (χ2n) is 5.38. The minimum atomic E-state index is -0.121. The normalized spacial score (nSPS) is 19.7. The molecule has 0 saturated carbocycles. The molecule has 5 nitrogen and oxygen atoms in total. The van der Waals surface area contributed by atoms with Crippen molar-refractivity contribution in [2.75, 3.05) is 27.3 Å². The second kappa shape index (κ2) is 7.31. The van der Waals surface area contributed by atoms with Crippen LogP contribution in [0.3, 0.4) is 0 Å². The highest BCUT2D eigenvalue weighted by molar-refractivity contribution is 5.79. The molecule has 0 bridgehead atoms. The molecular formula is C16H24N2O3. The van der Waals surface area contributed by atoms with Gasteiger partial charge in [0.1, 0.15) is 11.5 Å². The second-order valence-corrected chi connectivity index (χ2v) is 5.38. The van der Waals surface area contributed by atoms with Gasteiger partial charge in [0.05, 0.1) is 26.2 Å². The minimum absolute atomic E-state index is 0.0535. The van der Waals surface area contributed by atoms with Crippen LogP contribution in [0.1, 0.15) is 31.4 Å². The first-order valence-electron chi connectivity index (χ1n) is 7.38. The predicted octanol–water partition coefficient (Wildman–Crippen LogP) is 1.88. The van der Waals surface area contributed by atoms with E-state index in [4.69, 9.17) is 9.47 Å². The number of amides is 1. The number of carbonyl (C=O) groups excluding carboxylic acids is 1. The summed E-state index contributed by atoms with van der Waals surface area (Å²) in [5, 5.41) is 6.34. The average Bonchev–Trinajstić information content (AvgIpc) is 2.54. The molecule has 5 heteroatoms. The van der Waals surface area contributed by atoms with Gasteiger partial charge in [0, 0.05) is 12.1 Å². The Bertz CT molecular complexity index is 484. The summed E-state index contributed by atoms with van der Waals surface area (Å²) in [6.45, 7) is 3.72. The van der Waals surface area contributed by atoms with E-state index in [-0.39, 0.29) is 17.9 Å². The summed E-state index contributed by atoms with van der Waals surface area (Å²) in [6, 6.07) is 5.49. The highest BCUT2D eigenvalue weighted by Gasteiger charge is 2.23. The van der Waals surface area contributed by atoms with Crippen LogP contribution in [0.2, 0.25) is 0 Å². The Morgan fingerprint density at radius 1 is 1.38 bits per heavy atom. The van der Waals surface area contributed by atoms with Crippen molar-refractivity contribution in [3.63, 3.8) is 0 Å². The van der Waals surface area contributed by atoms with Crippen molar-refractivity contribution in [3.8, 4) is 11.5 Å². The molecule has 2 atom stereocenters. The lowest BCUT2D eigenvalue weighted by molar-refractivity contribution is -0.126. The summed E-state index contributed by atoms with van der Waals surface area (Å²) in [4.78, 5) is 12.3. The fourth-order valence-corrected chi connectivity index (χ4v) is 2.66. The zero-order chi connectivity index (χ0) is 15.2. The molecule has 1 fully saturated rings. The van der Waals surface area contributed by atoms with Gasteiger partial charge in [-0.15, -0.1) is 0 Å². The van der Waals surface area contributed by atoms with Gasteiger partial charge in [-0.05, 0) is 44.5 Å². The number of rotatable bonds is 5. The number of benzene rings is 1. The number of methoxy groups -OCH3 is 2. The van der Waals surface area contributed by atoms with E-state index in [0.29, 0.717) is 0 Å². The van der Waals surface area contributed by atoms with Crippen LogP contribution in [0.25, 0.3) is 0 Å². The highest BCUT2D eigenvalue weighted by atomic mass is 16.5. The molecule has 1 aliphatic rings. The lowest BCUT2D eigenvalue weighted by Crippen LogP contribution is -2.41. The van der Waals surface area contributed by atoms with Crippen molar-refractivity contribution in [2.24, 2.45) is 5.92 Å². The first-order valence-corrected chi connectivity index (χ1v) is 7.38. The molecule has 1 aromatic rings. The number of hydrogen-bond donors (Lipinski definition) is 2. The Morgan fingerprint density at radius 2 is 2.19 bits per heavy atom. The average molecular weight is 292 g/mol. The van der Waals surface area contributed by atoms with Crippen LogP contribution < -0.4 is 20.1 Å². The Labute approximate surface area is 126 Å². The molecule has 1 aliphatic heterocycles. The van der Waals surface area contributed by atoms with Crippen molar-refractivity contribution in [3.05, 3.63) is 23.8 Å². The number of hydrogen-bond acceptors (Lipinski definition) is 4. The fraction of sp³-hybridized carbons (Fsp3) is 0.562. The van der Waals surface area contributed by atoms with Crippen molar-refractivity contribution in [1.82, 2.24) is 10.6 Å². The van der Waals surface area contributed by atoms with Gasteiger partial charge in [0.2, 0.25) is 5.91 Å². The molecule has 1 saturated heterocycles. The molecule has 1 heterocycles. The SMILES string of the molecule is COc1ccc(OC)c(C(C)NC(=O)[C@@H]2CCCNC2)c1. The Hall–Kier alpha value is -1.75. The summed E-state index contributed by atoms with van der Waals surface area (Å²) < 4.78 is 10.6. The Kier molecular flexibility index (Phi) is 5.44. The summed E-state index contributed by atoms with van der Waals surface area (Å²) in [7, 11) is 3.26. The van der Waals surface area contributed by atoms with E-state index in [0.717, 1.165) is 43.0 Å². The van der Waals surface area contributed by atoms with E-state index in [1.54, 1.807) is 14.2 Å². The Balaban J connectivity index is 2.08. The molecular weight excluding hydrogens is 268 g/mol. The summed E-state index contributed by atoms with van der Waals surface area (Å²) in [5.41, 5.74) is 0.925. The summed E-state index contributed by atoms with van der Waals surface area (Å²) in [5.74, 6) is 1.66. The van der Waals surface area contributed by atoms with Gasteiger partial charge in [-0.3, -0.25) is 4.79 Å². The van der Waals surface area contributed by atoms with E-state index in [1.165, 1.54) is 0 Å². The van der Waals surface area contributed by atoms with Crippen molar-refractivity contribution >= 4 is 5.91 Å². The number of carbonyl (C=O) groups is 1. The van der Waals surface area contributed by atoms with E-state index in [2.05, 4.69) is 10.6 Å². The van der Waals surface area contributed by atoms with Gasteiger partial charge in [0.15, 0.2) is 0 Å². The largest absolute Gasteiger partial charge is 0.497 e. The maximum Gasteiger partial charge on any atom is 0.224 e. The Morgan fingerprint density at radius 3 is 2.81 bits per heavy atom. The first kappa shape index (κ1) is 15.6. The van der Waals surface area contributed by atoms with Gasteiger partial charge < -0.3 is 20.1 Å².